The van der Waals surface area contributed by atoms with E-state index in [1.54, 1.807) is 0 Å². The number of carbonyl (C=O) groups excluding carboxylic acids is 2. The number of nitrogens with two attached hydrogens (primary N) is 1. The quantitative estimate of drug-likeness (QED) is 0.136. The first kappa shape index (κ1) is 19.8. The molecule has 0 radical (unpaired) electrons. The molecule has 1 atom stereocenters. The first-order valence-corrected chi connectivity index (χ1v) is 8.35. The van der Waals surface area contributed by atoms with Gasteiger partial charge in [-0.2, -0.15) is 0 Å². The van der Waals surface area contributed by atoms with E-state index in [2.05, 4.69) is 12.3 Å². The molecule has 4 nitrogen and oxygen atoms in total. The molecule has 0 saturated heterocycles. The van der Waals surface area contributed by atoms with Gasteiger partial charge in [0.1, 0.15) is 6.29 Å². The number of amides is 1. The molecule has 0 aromatic heterocycles. The summed E-state index contributed by atoms with van der Waals surface area (Å²) in [6.07, 6.45) is 13.5. The standard InChI is InChI=1S/C17H32N2O2/c1-3-12-16(17(21)19-18)15(4-2)13-10-8-6-5-7-9-11-14-20/h12,14-15H,3-11,13,18H2,1-2H3,(H,19,21). The first-order chi connectivity index (χ1) is 10.2. The minimum absolute atomic E-state index is 0.141. The molecule has 122 valence electrons. The number of aldehydes is 1. The Labute approximate surface area is 129 Å². The summed E-state index contributed by atoms with van der Waals surface area (Å²) in [5.74, 6) is 5.43. The molecule has 0 aliphatic carbocycles. The van der Waals surface area contributed by atoms with Crippen LogP contribution < -0.4 is 11.3 Å². The van der Waals surface area contributed by atoms with E-state index >= 15 is 0 Å². The molecule has 0 aliphatic rings. The molecular weight excluding hydrogens is 264 g/mol. The van der Waals surface area contributed by atoms with Crippen LogP contribution in [0.4, 0.5) is 0 Å². The van der Waals surface area contributed by atoms with Crippen LogP contribution in [0.15, 0.2) is 11.6 Å². The van der Waals surface area contributed by atoms with Crippen LogP contribution in [0.5, 0.6) is 0 Å². The second-order valence-corrected chi connectivity index (χ2v) is 5.51. The van der Waals surface area contributed by atoms with E-state index in [9.17, 15) is 9.59 Å². The smallest absolute Gasteiger partial charge is 0.261 e. The van der Waals surface area contributed by atoms with Crippen LogP contribution in [0.1, 0.15) is 78.1 Å². The van der Waals surface area contributed by atoms with Crippen molar-refractivity contribution in [2.75, 3.05) is 0 Å². The van der Waals surface area contributed by atoms with Crippen LogP contribution in [0.2, 0.25) is 0 Å². The summed E-state index contributed by atoms with van der Waals surface area (Å²) in [7, 11) is 0. The molecule has 0 spiro atoms. The van der Waals surface area contributed by atoms with Gasteiger partial charge in [-0.25, -0.2) is 5.84 Å². The van der Waals surface area contributed by atoms with E-state index in [0.717, 1.165) is 50.4 Å². The Hall–Kier alpha value is -1.16. The monoisotopic (exact) mass is 296 g/mol. The maximum absolute atomic E-state index is 11.8. The highest BCUT2D eigenvalue weighted by Gasteiger charge is 2.17. The average molecular weight is 296 g/mol. The van der Waals surface area contributed by atoms with Gasteiger partial charge in [-0.3, -0.25) is 10.2 Å². The number of hydrogen-bond acceptors (Lipinski definition) is 3. The highest BCUT2D eigenvalue weighted by molar-refractivity contribution is 5.93. The Balaban J connectivity index is 4.00. The lowest BCUT2D eigenvalue weighted by molar-refractivity contribution is -0.118. The van der Waals surface area contributed by atoms with E-state index in [4.69, 9.17) is 5.84 Å². The lowest BCUT2D eigenvalue weighted by atomic mass is 9.89. The molecule has 21 heavy (non-hydrogen) atoms. The van der Waals surface area contributed by atoms with Crippen molar-refractivity contribution in [2.45, 2.75) is 78.1 Å². The predicted octanol–water partition coefficient (Wildman–Crippen LogP) is 3.66. The zero-order valence-corrected chi connectivity index (χ0v) is 13.7. The normalized spacial score (nSPS) is 13.0. The summed E-state index contributed by atoms with van der Waals surface area (Å²) < 4.78 is 0. The number of carbonyl (C=O) groups is 2. The maximum Gasteiger partial charge on any atom is 0.261 e. The highest BCUT2D eigenvalue weighted by Crippen LogP contribution is 2.23. The topological polar surface area (TPSA) is 72.2 Å². The second kappa shape index (κ2) is 13.8. The van der Waals surface area contributed by atoms with Gasteiger partial charge in [0.25, 0.3) is 5.91 Å². The lowest BCUT2D eigenvalue weighted by Crippen LogP contribution is -2.33. The third-order valence-electron chi connectivity index (χ3n) is 3.87. The molecule has 0 rings (SSSR count). The second-order valence-electron chi connectivity index (χ2n) is 5.51. The SMILES string of the molecule is CCC=C(C(=O)NN)C(CC)CCCCCCCCC=O. The fourth-order valence-corrected chi connectivity index (χ4v) is 2.65. The van der Waals surface area contributed by atoms with E-state index in [1.165, 1.54) is 19.3 Å². The zero-order valence-electron chi connectivity index (χ0n) is 13.7. The number of hydrogen-bond donors (Lipinski definition) is 2. The van der Waals surface area contributed by atoms with Gasteiger partial charge in [0.2, 0.25) is 0 Å². The number of unbranched alkanes of at least 4 members (excludes halogenated alkanes) is 6. The molecule has 0 aliphatic heterocycles. The van der Waals surface area contributed by atoms with Crippen molar-refractivity contribution in [1.82, 2.24) is 5.43 Å². The number of hydrazine groups is 1. The molecule has 3 N–H and O–H groups in total. The van der Waals surface area contributed by atoms with Crippen LogP contribution in [0, 0.1) is 5.92 Å². The molecule has 0 aromatic carbocycles. The third-order valence-corrected chi connectivity index (χ3v) is 3.87. The molecule has 0 saturated carbocycles. The van der Waals surface area contributed by atoms with Gasteiger partial charge in [-0.05, 0) is 31.6 Å². The van der Waals surface area contributed by atoms with Gasteiger partial charge in [0.15, 0.2) is 0 Å². The summed E-state index contributed by atoms with van der Waals surface area (Å²) >= 11 is 0. The Morgan fingerprint density at radius 3 is 2.24 bits per heavy atom. The fourth-order valence-electron chi connectivity index (χ4n) is 2.65. The van der Waals surface area contributed by atoms with Gasteiger partial charge in [-0.1, -0.05) is 52.0 Å². The molecular formula is C17H32N2O2. The summed E-state index contributed by atoms with van der Waals surface area (Å²) in [5, 5.41) is 0. The number of rotatable bonds is 13. The van der Waals surface area contributed by atoms with Gasteiger partial charge in [0.05, 0.1) is 0 Å². The summed E-state index contributed by atoms with van der Waals surface area (Å²) in [4.78, 5) is 22.0. The zero-order chi connectivity index (χ0) is 15.9. The van der Waals surface area contributed by atoms with E-state index in [0.29, 0.717) is 12.3 Å². The highest BCUT2D eigenvalue weighted by atomic mass is 16.2. The predicted molar refractivity (Wildman–Crippen MR) is 87.5 cm³/mol. The van der Waals surface area contributed by atoms with Crippen molar-refractivity contribution in [3.8, 4) is 0 Å². The Morgan fingerprint density at radius 2 is 1.71 bits per heavy atom. The van der Waals surface area contributed by atoms with Crippen molar-refractivity contribution in [2.24, 2.45) is 11.8 Å². The van der Waals surface area contributed by atoms with Crippen LogP contribution in [-0.2, 0) is 9.59 Å². The first-order valence-electron chi connectivity index (χ1n) is 8.35. The Kier molecular flexibility index (Phi) is 13.0. The van der Waals surface area contributed by atoms with E-state index in [-0.39, 0.29) is 5.91 Å². The molecule has 0 fully saturated rings. The van der Waals surface area contributed by atoms with Crippen LogP contribution in [0.25, 0.3) is 0 Å². The molecule has 0 aromatic rings. The summed E-state index contributed by atoms with van der Waals surface area (Å²) in [5.41, 5.74) is 3.10. The van der Waals surface area contributed by atoms with Crippen molar-refractivity contribution in [3.05, 3.63) is 11.6 Å². The van der Waals surface area contributed by atoms with Crippen molar-refractivity contribution in [3.63, 3.8) is 0 Å². The van der Waals surface area contributed by atoms with Gasteiger partial charge < -0.3 is 4.79 Å². The summed E-state index contributed by atoms with van der Waals surface area (Å²) in [6, 6.07) is 0. The minimum atomic E-state index is -0.141. The summed E-state index contributed by atoms with van der Waals surface area (Å²) in [6.45, 7) is 4.16. The van der Waals surface area contributed by atoms with Crippen LogP contribution >= 0.6 is 0 Å². The lowest BCUT2D eigenvalue weighted by Gasteiger charge is -2.17. The molecule has 4 heteroatoms. The van der Waals surface area contributed by atoms with Crippen molar-refractivity contribution >= 4 is 12.2 Å². The number of nitrogens with one attached hydrogen (secondary N) is 1. The van der Waals surface area contributed by atoms with Crippen LogP contribution in [-0.4, -0.2) is 12.2 Å². The number of allylic oxidation sites excluding steroid dienone is 1. The minimum Gasteiger partial charge on any atom is -0.303 e. The molecule has 0 bridgehead atoms. The van der Waals surface area contributed by atoms with Gasteiger partial charge >= 0.3 is 0 Å². The maximum atomic E-state index is 11.8. The van der Waals surface area contributed by atoms with Crippen molar-refractivity contribution in [1.29, 1.82) is 0 Å². The molecule has 1 amide bonds. The Morgan fingerprint density at radius 1 is 1.10 bits per heavy atom. The average Bonchev–Trinajstić information content (AvgIpc) is 2.51. The molecule has 1 unspecified atom stereocenters. The van der Waals surface area contributed by atoms with Gasteiger partial charge in [-0.15, -0.1) is 0 Å². The fraction of sp³-hybridized carbons (Fsp3) is 0.765. The Bertz CT molecular complexity index is 314. The molecule has 0 heterocycles. The van der Waals surface area contributed by atoms with Crippen LogP contribution in [0.3, 0.4) is 0 Å². The van der Waals surface area contributed by atoms with E-state index in [1.807, 2.05) is 13.0 Å². The third kappa shape index (κ3) is 9.40. The van der Waals surface area contributed by atoms with Gasteiger partial charge in [0, 0.05) is 12.0 Å². The largest absolute Gasteiger partial charge is 0.303 e. The van der Waals surface area contributed by atoms with E-state index < -0.39 is 0 Å². The van der Waals surface area contributed by atoms with Crippen molar-refractivity contribution < 1.29 is 9.59 Å².